The average Bonchev–Trinajstić information content (AvgIpc) is 4.44. The van der Waals surface area contributed by atoms with Gasteiger partial charge in [0.05, 0.1) is 64.3 Å². The number of aromatic nitrogens is 8. The minimum atomic E-state index is -2.06. The number of ketones is 1. The van der Waals surface area contributed by atoms with Gasteiger partial charge in [-0.1, -0.05) is 82.9 Å². The van der Waals surface area contributed by atoms with E-state index >= 15 is 0 Å². The summed E-state index contributed by atoms with van der Waals surface area (Å²) in [5, 5.41) is 20.1. The van der Waals surface area contributed by atoms with Gasteiger partial charge in [0.15, 0.2) is 5.78 Å². The molecule has 412 valence electrons. The molecular weight excluding hydrogens is 1290 g/mol. The van der Waals surface area contributed by atoms with Crippen LogP contribution in [0.5, 0.6) is 0 Å². The molecule has 0 unspecified atom stereocenters. The third-order valence-electron chi connectivity index (χ3n) is 13.3. The Balaban J connectivity index is 0.000000135. The van der Waals surface area contributed by atoms with Crippen LogP contribution in [0.25, 0.3) is 66.9 Å². The van der Waals surface area contributed by atoms with Crippen LogP contribution >= 0.6 is 63.7 Å². The number of halogens is 6. The lowest BCUT2D eigenvalue weighted by Gasteiger charge is -2.18. The van der Waals surface area contributed by atoms with Crippen LogP contribution in [0.4, 0.5) is 8.78 Å². The van der Waals surface area contributed by atoms with Crippen molar-refractivity contribution >= 4 is 114 Å². The summed E-state index contributed by atoms with van der Waals surface area (Å²) in [6, 6.07) is 48.2. The number of imidazole rings is 4. The van der Waals surface area contributed by atoms with E-state index in [-0.39, 0.29) is 17.4 Å². The standard InChI is InChI=1S/C17H17BrN2.C16H14BrFN2O.C16H15BrN2O.C15H10BrFN2O/c1-17(2,3)12-7-8-16-15(9-12)19-11-20(16)14-6-4-5-13(18)10-14;1-16(2,21)10-3-6-15-14(7-10)19-9-20(15)11-4-5-13(18)12(17)8-11;1-16(2,20)11-6-7-15-14(8-11)18-10-19(15)13-5-3-4-12(17)9-13;1-9(20)10-2-5-15-14(6-10)18-8-19(15)11-3-4-13(17)12(16)7-11/h4-11H,1-3H3;3-9,21H,1-2H3;3-10,20H,1-2H3;2-8H,1H3/i1D3;;;. The zero-order chi connectivity index (χ0) is 60.6. The molecule has 11 nitrogen and oxygen atoms in total. The molecule has 0 fully saturated rings. The highest BCUT2D eigenvalue weighted by Crippen LogP contribution is 2.31. The number of fused-ring (bicyclic) bond motifs is 4. The number of aliphatic hydroxyl groups is 2. The largest absolute Gasteiger partial charge is 0.386 e. The lowest BCUT2D eigenvalue weighted by atomic mass is 9.87. The molecule has 4 aromatic heterocycles. The summed E-state index contributed by atoms with van der Waals surface area (Å²) in [6.07, 6.45) is 6.92. The van der Waals surface area contributed by atoms with Crippen molar-refractivity contribution in [3.8, 4) is 22.7 Å². The fraction of sp³-hybridized carbons (Fsp3) is 0.172. The summed E-state index contributed by atoms with van der Waals surface area (Å²) in [6.45, 7) is 9.98. The topological polar surface area (TPSA) is 129 Å². The molecule has 8 aromatic carbocycles. The molecule has 0 spiro atoms. The van der Waals surface area contributed by atoms with E-state index in [1.807, 2.05) is 127 Å². The van der Waals surface area contributed by atoms with Crippen LogP contribution in [-0.4, -0.2) is 54.2 Å². The number of rotatable bonds is 7. The highest BCUT2D eigenvalue weighted by Gasteiger charge is 2.20. The second-order valence-corrected chi connectivity index (χ2v) is 24.3. The first-order chi connectivity index (χ1) is 39.6. The monoisotopic (exact) mass is 1340 g/mol. The molecule has 0 saturated heterocycles. The van der Waals surface area contributed by atoms with E-state index in [4.69, 9.17) is 4.11 Å². The Morgan fingerprint density at radius 1 is 0.457 bits per heavy atom. The summed E-state index contributed by atoms with van der Waals surface area (Å²) >= 11 is 13.3. The fourth-order valence-electron chi connectivity index (χ4n) is 8.76. The maximum atomic E-state index is 13.3. The van der Waals surface area contributed by atoms with Crippen LogP contribution < -0.4 is 0 Å². The van der Waals surface area contributed by atoms with Crippen LogP contribution in [0.2, 0.25) is 0 Å². The zero-order valence-corrected chi connectivity index (χ0v) is 51.3. The van der Waals surface area contributed by atoms with Gasteiger partial charge in [0, 0.05) is 41.4 Å². The molecule has 0 aliphatic rings. The first-order valence-electron chi connectivity index (χ1n) is 26.9. The molecule has 0 amide bonds. The van der Waals surface area contributed by atoms with Gasteiger partial charge in [-0.2, -0.15) is 0 Å². The molecule has 12 rings (SSSR count). The van der Waals surface area contributed by atoms with Crippen molar-refractivity contribution in [3.05, 3.63) is 235 Å². The number of nitrogens with zero attached hydrogens (tertiary/aromatic N) is 8. The lowest BCUT2D eigenvalue weighted by molar-refractivity contribution is 0.0782. The quantitative estimate of drug-likeness (QED) is 0.152. The van der Waals surface area contributed by atoms with E-state index in [1.54, 1.807) is 103 Å². The van der Waals surface area contributed by atoms with Crippen molar-refractivity contribution < 1.29 is 27.9 Å². The van der Waals surface area contributed by atoms with Crippen LogP contribution in [0.3, 0.4) is 0 Å². The summed E-state index contributed by atoms with van der Waals surface area (Å²) in [7, 11) is 0. The van der Waals surface area contributed by atoms with Crippen molar-refractivity contribution in [1.29, 1.82) is 0 Å². The minimum absolute atomic E-state index is 0.00553. The first-order valence-corrected chi connectivity index (χ1v) is 28.5. The van der Waals surface area contributed by atoms with Crippen molar-refractivity contribution in [3.63, 3.8) is 0 Å². The average molecular weight is 1350 g/mol. The van der Waals surface area contributed by atoms with E-state index in [2.05, 4.69) is 83.7 Å². The summed E-state index contributed by atoms with van der Waals surface area (Å²) < 4.78 is 60.5. The van der Waals surface area contributed by atoms with Gasteiger partial charge >= 0.3 is 0 Å². The van der Waals surface area contributed by atoms with Crippen LogP contribution in [-0.2, 0) is 16.6 Å². The molecule has 0 saturated carbocycles. The maximum Gasteiger partial charge on any atom is 0.159 e. The van der Waals surface area contributed by atoms with Crippen LogP contribution in [0, 0.1) is 11.6 Å². The molecule has 17 heteroatoms. The normalized spacial score (nSPS) is 12.5. The predicted octanol–water partition coefficient (Wildman–Crippen LogP) is 17.4. The third-order valence-corrected chi connectivity index (χ3v) is 15.5. The highest BCUT2D eigenvalue weighted by molar-refractivity contribution is 9.11. The van der Waals surface area contributed by atoms with Gasteiger partial charge in [0.2, 0.25) is 0 Å². The van der Waals surface area contributed by atoms with Crippen molar-refractivity contribution in [2.75, 3.05) is 0 Å². The molecule has 0 bridgehead atoms. The summed E-state index contributed by atoms with van der Waals surface area (Å²) in [5.74, 6) is -0.601. The summed E-state index contributed by atoms with van der Waals surface area (Å²) in [4.78, 5) is 28.9. The second-order valence-electron chi connectivity index (χ2n) is 20.7. The second kappa shape index (κ2) is 23.8. The zero-order valence-electron chi connectivity index (χ0n) is 48.0. The van der Waals surface area contributed by atoms with E-state index in [9.17, 15) is 23.8 Å². The SMILES string of the molecule is CC(=O)c1ccc2c(c1)ncn2-c1ccc(F)c(Br)c1.CC(C)(O)c1ccc2c(c1)ncn2-c1ccc(F)c(Br)c1.CC(C)(O)c1ccc2c(c1)ncn2-c1cccc(Br)c1.[2H]C([2H])([2H])C(C)(C)c1ccc2c(c1)ncn2-c1cccc(Br)c1. The molecule has 0 atom stereocenters. The Labute approximate surface area is 505 Å². The van der Waals surface area contributed by atoms with Gasteiger partial charge in [0.1, 0.15) is 36.9 Å². The molecule has 0 radical (unpaired) electrons. The highest BCUT2D eigenvalue weighted by atomic mass is 79.9. The Morgan fingerprint density at radius 3 is 1.15 bits per heavy atom. The minimum Gasteiger partial charge on any atom is -0.386 e. The predicted molar refractivity (Wildman–Crippen MR) is 334 cm³/mol. The number of Topliss-reactive ketones (excluding diaryl/α,β-unsaturated/α-hetero) is 1. The Hall–Kier alpha value is -6.99. The number of carbonyl (C=O) groups excluding carboxylic acids is 1. The van der Waals surface area contributed by atoms with E-state index in [1.165, 1.54) is 19.1 Å². The number of carbonyl (C=O) groups is 1. The van der Waals surface area contributed by atoms with E-state index in [0.29, 0.717) is 14.5 Å². The fourth-order valence-corrected chi connectivity index (χ4v) is 10.3. The molecule has 81 heavy (non-hydrogen) atoms. The molecule has 12 aromatic rings. The summed E-state index contributed by atoms with van der Waals surface area (Å²) in [5.41, 5.74) is 11.0. The van der Waals surface area contributed by atoms with Crippen molar-refractivity contribution in [1.82, 2.24) is 38.2 Å². The van der Waals surface area contributed by atoms with Gasteiger partial charge in [0.25, 0.3) is 0 Å². The molecule has 0 aliphatic heterocycles. The maximum absolute atomic E-state index is 13.3. The van der Waals surface area contributed by atoms with Crippen LogP contribution in [0.1, 0.15) is 86.5 Å². The third kappa shape index (κ3) is 13.5. The van der Waals surface area contributed by atoms with Gasteiger partial charge in [-0.3, -0.25) is 23.1 Å². The van der Waals surface area contributed by atoms with Crippen molar-refractivity contribution in [2.45, 2.75) is 71.9 Å². The van der Waals surface area contributed by atoms with Gasteiger partial charge < -0.3 is 10.2 Å². The Bertz CT molecular complexity index is 4410. The first kappa shape index (κ1) is 54.6. The van der Waals surface area contributed by atoms with Gasteiger partial charge in [-0.15, -0.1) is 0 Å². The van der Waals surface area contributed by atoms with Crippen molar-refractivity contribution in [2.24, 2.45) is 0 Å². The van der Waals surface area contributed by atoms with E-state index < -0.39 is 23.5 Å². The molecule has 2 N–H and O–H groups in total. The Morgan fingerprint density at radius 2 is 0.802 bits per heavy atom. The molecular formula is C64H56Br4F2N8O3. The number of hydrogen-bond acceptors (Lipinski definition) is 7. The molecule has 4 heterocycles. The lowest BCUT2D eigenvalue weighted by Crippen LogP contribution is -2.15. The van der Waals surface area contributed by atoms with Gasteiger partial charge in [-0.25, -0.2) is 28.7 Å². The van der Waals surface area contributed by atoms with Crippen LogP contribution in [0.15, 0.2) is 201 Å². The number of hydrogen-bond donors (Lipinski definition) is 2. The Kier molecular flexibility index (Phi) is 16.1. The number of benzene rings is 8. The smallest absolute Gasteiger partial charge is 0.159 e. The molecule has 0 aliphatic carbocycles. The van der Waals surface area contributed by atoms with Gasteiger partial charge in [-0.05, 0) is 216 Å². The van der Waals surface area contributed by atoms with E-state index in [0.717, 1.165) is 92.5 Å².